The Kier molecular flexibility index (Phi) is 5.22. The third-order valence-corrected chi connectivity index (χ3v) is 2.11. The molecule has 0 aliphatic heterocycles. The van der Waals surface area contributed by atoms with Gasteiger partial charge in [0.1, 0.15) is 0 Å². The van der Waals surface area contributed by atoms with Gasteiger partial charge in [-0.3, -0.25) is 0 Å². The number of allylic oxidation sites excluding steroid dienone is 1. The highest BCUT2D eigenvalue weighted by atomic mass is 16.4. The molecule has 1 heterocycles. The lowest BCUT2D eigenvalue weighted by molar-refractivity contribution is -0.131. The van der Waals surface area contributed by atoms with Gasteiger partial charge in [-0.15, -0.1) is 0 Å². The highest BCUT2D eigenvalue weighted by Gasteiger charge is 1.91. The summed E-state index contributed by atoms with van der Waals surface area (Å²) in [5.41, 5.74) is 0. The van der Waals surface area contributed by atoms with Gasteiger partial charge in [0.2, 0.25) is 0 Å². The van der Waals surface area contributed by atoms with Crippen LogP contribution in [0.1, 0.15) is 25.7 Å². The predicted octanol–water partition coefficient (Wildman–Crippen LogP) is 2.08. The van der Waals surface area contributed by atoms with Crippen molar-refractivity contribution in [2.24, 2.45) is 0 Å². The van der Waals surface area contributed by atoms with Crippen molar-refractivity contribution in [2.75, 3.05) is 0 Å². The molecule has 1 rings (SSSR count). The Morgan fingerprint density at radius 1 is 1.40 bits per heavy atom. The highest BCUT2D eigenvalue weighted by Crippen LogP contribution is 2.02. The van der Waals surface area contributed by atoms with Crippen molar-refractivity contribution in [2.45, 2.75) is 32.2 Å². The molecule has 4 heteroatoms. The minimum absolute atomic E-state index is 0.843. The molecule has 82 valence electrons. The summed E-state index contributed by atoms with van der Waals surface area (Å²) in [4.78, 5) is 14.1. The van der Waals surface area contributed by atoms with Crippen LogP contribution in [-0.2, 0) is 11.3 Å². The van der Waals surface area contributed by atoms with Gasteiger partial charge in [-0.2, -0.15) is 0 Å². The fourth-order valence-electron chi connectivity index (χ4n) is 1.34. The van der Waals surface area contributed by atoms with Gasteiger partial charge in [-0.25, -0.2) is 9.78 Å². The Morgan fingerprint density at radius 2 is 2.27 bits per heavy atom. The fraction of sp³-hybridized carbons (Fsp3) is 0.455. The zero-order valence-corrected chi connectivity index (χ0v) is 8.67. The first-order valence-corrected chi connectivity index (χ1v) is 5.14. The molecule has 15 heavy (non-hydrogen) atoms. The first-order chi connectivity index (χ1) is 7.29. The maximum Gasteiger partial charge on any atom is 0.327 e. The van der Waals surface area contributed by atoms with Crippen molar-refractivity contribution in [3.63, 3.8) is 0 Å². The van der Waals surface area contributed by atoms with Crippen molar-refractivity contribution in [3.05, 3.63) is 30.9 Å². The van der Waals surface area contributed by atoms with Crippen molar-refractivity contribution >= 4 is 5.97 Å². The number of aromatic nitrogens is 2. The second kappa shape index (κ2) is 6.81. The van der Waals surface area contributed by atoms with Crippen molar-refractivity contribution in [1.82, 2.24) is 9.55 Å². The smallest absolute Gasteiger partial charge is 0.327 e. The van der Waals surface area contributed by atoms with E-state index in [1.165, 1.54) is 6.08 Å². The van der Waals surface area contributed by atoms with Gasteiger partial charge in [-0.1, -0.05) is 12.5 Å². The zero-order valence-electron chi connectivity index (χ0n) is 8.67. The molecule has 0 fully saturated rings. The van der Waals surface area contributed by atoms with E-state index < -0.39 is 5.97 Å². The van der Waals surface area contributed by atoms with E-state index in [0.29, 0.717) is 0 Å². The summed E-state index contributed by atoms with van der Waals surface area (Å²) in [5, 5.41) is 8.34. The van der Waals surface area contributed by atoms with E-state index in [-0.39, 0.29) is 0 Å². The molecule has 1 N–H and O–H groups in total. The number of hydrogen-bond acceptors (Lipinski definition) is 2. The largest absolute Gasteiger partial charge is 0.478 e. The number of nitrogens with zero attached hydrogens (tertiary/aromatic N) is 2. The maximum absolute atomic E-state index is 10.1. The number of imidazole rings is 1. The number of carboxylic acids is 1. The lowest BCUT2D eigenvalue weighted by Crippen LogP contribution is -1.93. The van der Waals surface area contributed by atoms with Crippen molar-refractivity contribution in [1.29, 1.82) is 0 Å². The lowest BCUT2D eigenvalue weighted by atomic mass is 10.2. The number of hydrogen-bond donors (Lipinski definition) is 1. The Morgan fingerprint density at radius 3 is 2.93 bits per heavy atom. The summed E-state index contributed by atoms with van der Waals surface area (Å²) in [6, 6.07) is 0. The molecule has 1 aromatic rings. The topological polar surface area (TPSA) is 55.1 Å². The van der Waals surface area contributed by atoms with Gasteiger partial charge in [-0.05, 0) is 19.3 Å². The summed E-state index contributed by atoms with van der Waals surface area (Å²) in [6.07, 6.45) is 12.5. The Balaban J connectivity index is 1.96. The molecule has 0 amide bonds. The van der Waals surface area contributed by atoms with Crippen LogP contribution >= 0.6 is 0 Å². The van der Waals surface area contributed by atoms with E-state index in [2.05, 4.69) is 4.98 Å². The highest BCUT2D eigenvalue weighted by molar-refractivity contribution is 5.79. The second-order valence-electron chi connectivity index (χ2n) is 3.39. The number of rotatable bonds is 7. The molecule has 0 atom stereocenters. The van der Waals surface area contributed by atoms with E-state index in [4.69, 9.17) is 5.11 Å². The van der Waals surface area contributed by atoms with Crippen LogP contribution in [0.5, 0.6) is 0 Å². The van der Waals surface area contributed by atoms with Crippen LogP contribution in [0.3, 0.4) is 0 Å². The summed E-state index contributed by atoms with van der Waals surface area (Å²) in [6.45, 7) is 0.989. The minimum atomic E-state index is -0.867. The number of carbonyl (C=O) groups is 1. The molecular weight excluding hydrogens is 192 g/mol. The first kappa shape index (κ1) is 11.5. The number of carboxylic acid groups (broad SMARTS) is 1. The van der Waals surface area contributed by atoms with Crippen LogP contribution in [0.2, 0.25) is 0 Å². The van der Waals surface area contributed by atoms with E-state index in [9.17, 15) is 4.79 Å². The zero-order chi connectivity index (χ0) is 10.9. The molecule has 0 aliphatic carbocycles. The molecule has 4 nitrogen and oxygen atoms in total. The molecule has 0 saturated carbocycles. The Hall–Kier alpha value is -1.58. The molecule has 0 radical (unpaired) electrons. The van der Waals surface area contributed by atoms with E-state index in [1.54, 1.807) is 12.3 Å². The van der Waals surface area contributed by atoms with Gasteiger partial charge >= 0.3 is 5.97 Å². The third kappa shape index (κ3) is 5.67. The van der Waals surface area contributed by atoms with Crippen LogP contribution in [0.25, 0.3) is 0 Å². The molecule has 0 spiro atoms. The van der Waals surface area contributed by atoms with Crippen molar-refractivity contribution < 1.29 is 9.90 Å². The normalized spacial score (nSPS) is 10.9. The van der Waals surface area contributed by atoms with Gasteiger partial charge in [0, 0.05) is 25.0 Å². The standard InChI is InChI=1S/C11H16N2O2/c14-11(15)6-4-2-1-3-5-8-13-9-7-12-10-13/h4,6-7,9-10H,1-3,5,8H2,(H,14,15)/b6-4-. The second-order valence-corrected chi connectivity index (χ2v) is 3.39. The average Bonchev–Trinajstić information content (AvgIpc) is 2.68. The summed E-state index contributed by atoms with van der Waals surface area (Å²) >= 11 is 0. The average molecular weight is 208 g/mol. The first-order valence-electron chi connectivity index (χ1n) is 5.14. The third-order valence-electron chi connectivity index (χ3n) is 2.11. The van der Waals surface area contributed by atoms with Crippen LogP contribution < -0.4 is 0 Å². The summed E-state index contributed by atoms with van der Waals surface area (Å²) < 4.78 is 2.05. The fourth-order valence-corrected chi connectivity index (χ4v) is 1.34. The number of unbranched alkanes of at least 4 members (excludes halogenated alkanes) is 3. The molecular formula is C11H16N2O2. The van der Waals surface area contributed by atoms with E-state index >= 15 is 0 Å². The molecule has 0 saturated heterocycles. The molecule has 0 unspecified atom stereocenters. The molecule has 0 bridgehead atoms. The van der Waals surface area contributed by atoms with Crippen LogP contribution in [0.4, 0.5) is 0 Å². The molecule has 1 aromatic heterocycles. The van der Waals surface area contributed by atoms with Crippen LogP contribution in [-0.4, -0.2) is 20.6 Å². The van der Waals surface area contributed by atoms with Crippen molar-refractivity contribution in [3.8, 4) is 0 Å². The van der Waals surface area contributed by atoms with E-state index in [0.717, 1.165) is 32.2 Å². The monoisotopic (exact) mass is 208 g/mol. The lowest BCUT2D eigenvalue weighted by Gasteiger charge is -2.00. The van der Waals surface area contributed by atoms with Crippen LogP contribution in [0, 0.1) is 0 Å². The maximum atomic E-state index is 10.1. The Labute approximate surface area is 89.3 Å². The van der Waals surface area contributed by atoms with Gasteiger partial charge in [0.15, 0.2) is 0 Å². The molecule has 0 aromatic carbocycles. The summed E-state index contributed by atoms with van der Waals surface area (Å²) in [7, 11) is 0. The quantitative estimate of drug-likeness (QED) is 0.551. The summed E-state index contributed by atoms with van der Waals surface area (Å²) in [5.74, 6) is -0.867. The Bertz CT molecular complexity index is 304. The number of aryl methyl sites for hydroxylation is 1. The molecule has 0 aliphatic rings. The van der Waals surface area contributed by atoms with Gasteiger partial charge in [0.25, 0.3) is 0 Å². The van der Waals surface area contributed by atoms with E-state index in [1.807, 2.05) is 17.1 Å². The SMILES string of the molecule is O=C(O)/C=C\CCCCCn1ccnc1. The number of aliphatic carboxylic acids is 1. The predicted molar refractivity (Wildman–Crippen MR) is 57.5 cm³/mol. The van der Waals surface area contributed by atoms with Gasteiger partial charge < -0.3 is 9.67 Å². The minimum Gasteiger partial charge on any atom is -0.478 e. The van der Waals surface area contributed by atoms with Crippen LogP contribution in [0.15, 0.2) is 30.9 Å². The van der Waals surface area contributed by atoms with Gasteiger partial charge in [0.05, 0.1) is 6.33 Å².